The first kappa shape index (κ1) is 17.9. The van der Waals surface area contributed by atoms with Crippen molar-refractivity contribution in [1.82, 2.24) is 10.5 Å². The minimum atomic E-state index is -0.691. The molecule has 0 bridgehead atoms. The van der Waals surface area contributed by atoms with Crippen molar-refractivity contribution in [2.75, 3.05) is 0 Å². The van der Waals surface area contributed by atoms with Gasteiger partial charge >= 0.3 is 0 Å². The molecule has 0 fully saturated rings. The van der Waals surface area contributed by atoms with E-state index in [2.05, 4.69) is 15.6 Å². The molecular weight excluding hydrogens is 361 g/mol. The van der Waals surface area contributed by atoms with E-state index < -0.39 is 6.10 Å². The molecule has 0 saturated heterocycles. The van der Waals surface area contributed by atoms with Crippen LogP contribution in [0.4, 0.5) is 4.39 Å². The highest BCUT2D eigenvalue weighted by atomic mass is 19.1. The van der Waals surface area contributed by atoms with Crippen molar-refractivity contribution >= 4 is 11.6 Å². The summed E-state index contributed by atoms with van der Waals surface area (Å²) in [7, 11) is 0. The number of nitrogens with zero attached hydrogens (tertiary/aromatic N) is 2. The van der Waals surface area contributed by atoms with Crippen LogP contribution in [0.1, 0.15) is 17.7 Å². The molecule has 0 saturated carbocycles. The molecule has 1 aromatic heterocycles. The molecule has 1 aliphatic heterocycles. The van der Waals surface area contributed by atoms with Gasteiger partial charge < -0.3 is 14.7 Å². The molecule has 3 aromatic rings. The molecule has 28 heavy (non-hydrogen) atoms. The lowest BCUT2D eigenvalue weighted by Crippen LogP contribution is -2.34. The molecule has 142 valence electrons. The zero-order valence-corrected chi connectivity index (χ0v) is 15.0. The molecule has 0 spiro atoms. The highest BCUT2D eigenvalue weighted by molar-refractivity contribution is 5.93. The Hall–Kier alpha value is -3.48. The maximum Gasteiger partial charge on any atom is 0.264 e. The number of aromatic nitrogens is 1. The lowest BCUT2D eigenvalue weighted by atomic mass is 10.0. The molecule has 0 radical (unpaired) electrons. The smallest absolute Gasteiger partial charge is 0.264 e. The van der Waals surface area contributed by atoms with Crippen molar-refractivity contribution in [2.24, 2.45) is 5.16 Å². The summed E-state index contributed by atoms with van der Waals surface area (Å²) in [5.74, 6) is 0.0683. The van der Waals surface area contributed by atoms with Crippen LogP contribution in [0.3, 0.4) is 0 Å². The van der Waals surface area contributed by atoms with E-state index in [1.807, 2.05) is 36.4 Å². The van der Waals surface area contributed by atoms with Crippen molar-refractivity contribution in [3.05, 3.63) is 77.7 Å². The number of oxime groups is 1. The lowest BCUT2D eigenvalue weighted by molar-refractivity contribution is -0.131. The fourth-order valence-electron chi connectivity index (χ4n) is 2.98. The normalized spacial score (nSPS) is 15.8. The molecule has 6 nitrogen and oxygen atoms in total. The van der Waals surface area contributed by atoms with Gasteiger partial charge in [-0.3, -0.25) is 4.79 Å². The van der Waals surface area contributed by atoms with Crippen molar-refractivity contribution in [1.29, 1.82) is 0 Å². The van der Waals surface area contributed by atoms with Crippen molar-refractivity contribution < 1.29 is 18.5 Å². The van der Waals surface area contributed by atoms with E-state index in [1.165, 1.54) is 12.1 Å². The highest BCUT2D eigenvalue weighted by Crippen LogP contribution is 2.20. The summed E-state index contributed by atoms with van der Waals surface area (Å²) in [6.07, 6.45) is 0.130. The van der Waals surface area contributed by atoms with Crippen molar-refractivity contribution in [2.45, 2.75) is 25.5 Å². The highest BCUT2D eigenvalue weighted by Gasteiger charge is 2.28. The zero-order chi connectivity index (χ0) is 19.3. The number of benzene rings is 2. The minimum absolute atomic E-state index is 0.230. The van der Waals surface area contributed by atoms with Gasteiger partial charge in [0.15, 0.2) is 5.76 Å². The molecular formula is C21H18FN3O3. The monoisotopic (exact) mass is 379 g/mol. The summed E-state index contributed by atoms with van der Waals surface area (Å²) in [6.45, 7) is 0.230. The lowest BCUT2D eigenvalue weighted by Gasteiger charge is -2.08. The minimum Gasteiger partial charge on any atom is -0.382 e. The summed E-state index contributed by atoms with van der Waals surface area (Å²) >= 11 is 0. The van der Waals surface area contributed by atoms with Crippen LogP contribution in [0, 0.1) is 5.82 Å². The first-order valence-electron chi connectivity index (χ1n) is 8.92. The van der Waals surface area contributed by atoms with Crippen LogP contribution in [-0.2, 0) is 22.6 Å². The van der Waals surface area contributed by atoms with E-state index in [9.17, 15) is 9.18 Å². The third-order valence-corrected chi connectivity index (χ3v) is 4.38. The number of amides is 1. The van der Waals surface area contributed by atoms with E-state index in [4.69, 9.17) is 9.36 Å². The maximum absolute atomic E-state index is 13.3. The molecule has 4 rings (SSSR count). The fraction of sp³-hybridized carbons (Fsp3) is 0.190. The Bertz CT molecular complexity index is 1000. The molecule has 1 aliphatic rings. The Morgan fingerprint density at radius 1 is 1.14 bits per heavy atom. The topological polar surface area (TPSA) is 76.7 Å². The zero-order valence-electron chi connectivity index (χ0n) is 15.0. The van der Waals surface area contributed by atoms with Gasteiger partial charge in [-0.05, 0) is 17.7 Å². The van der Waals surface area contributed by atoms with Crippen LogP contribution in [0.15, 0.2) is 70.3 Å². The van der Waals surface area contributed by atoms with E-state index >= 15 is 0 Å². The SMILES string of the molecule is O=C(NCc1cc(-c2ccccc2)on1)C1CC(Cc2cccc(F)c2)=NO1. The average Bonchev–Trinajstić information content (AvgIpc) is 3.37. The van der Waals surface area contributed by atoms with Crippen LogP contribution in [0.25, 0.3) is 11.3 Å². The predicted octanol–water partition coefficient (Wildman–Crippen LogP) is 3.48. The van der Waals surface area contributed by atoms with Gasteiger partial charge in [0.25, 0.3) is 5.91 Å². The van der Waals surface area contributed by atoms with Gasteiger partial charge in [0.05, 0.1) is 12.3 Å². The number of halogens is 1. The quantitative estimate of drug-likeness (QED) is 0.711. The van der Waals surface area contributed by atoms with Crippen LogP contribution in [-0.4, -0.2) is 22.9 Å². The number of hydrogen-bond donors (Lipinski definition) is 1. The van der Waals surface area contributed by atoms with Crippen LogP contribution < -0.4 is 5.32 Å². The second-order valence-electron chi connectivity index (χ2n) is 6.53. The molecule has 1 N–H and O–H groups in total. The molecule has 1 unspecified atom stereocenters. The molecule has 0 aliphatic carbocycles. The van der Waals surface area contributed by atoms with Gasteiger partial charge in [0.2, 0.25) is 6.10 Å². The number of carbonyl (C=O) groups is 1. The molecule has 1 atom stereocenters. The van der Waals surface area contributed by atoms with Gasteiger partial charge in [0, 0.05) is 24.5 Å². The standard InChI is InChI=1S/C21H18FN3O3/c22-16-8-4-5-14(9-16)10-17-11-20(28-24-17)21(26)23-13-18-12-19(27-25-18)15-6-2-1-3-7-15/h1-9,12,20H,10-11,13H2,(H,23,26). The van der Waals surface area contributed by atoms with Gasteiger partial charge in [-0.15, -0.1) is 0 Å². The van der Waals surface area contributed by atoms with Gasteiger partial charge in [-0.1, -0.05) is 52.8 Å². The van der Waals surface area contributed by atoms with Gasteiger partial charge in [-0.25, -0.2) is 4.39 Å². The third kappa shape index (κ3) is 4.25. The Labute approximate surface area is 161 Å². The first-order chi connectivity index (χ1) is 13.7. The second kappa shape index (κ2) is 8.04. The van der Waals surface area contributed by atoms with E-state index in [0.717, 1.165) is 11.1 Å². The molecule has 7 heteroatoms. The predicted molar refractivity (Wildman–Crippen MR) is 101 cm³/mol. The van der Waals surface area contributed by atoms with Gasteiger partial charge in [0.1, 0.15) is 11.5 Å². The summed E-state index contributed by atoms with van der Waals surface area (Å²) in [5, 5.41) is 10.7. The second-order valence-corrected chi connectivity index (χ2v) is 6.53. The summed E-state index contributed by atoms with van der Waals surface area (Å²) in [6, 6.07) is 17.7. The van der Waals surface area contributed by atoms with Crippen molar-refractivity contribution in [3.63, 3.8) is 0 Å². The summed E-state index contributed by atoms with van der Waals surface area (Å²) in [5.41, 5.74) is 3.03. The fourth-order valence-corrected chi connectivity index (χ4v) is 2.98. The number of carbonyl (C=O) groups excluding carboxylic acids is 1. The van der Waals surface area contributed by atoms with Crippen molar-refractivity contribution in [3.8, 4) is 11.3 Å². The maximum atomic E-state index is 13.3. The Kier molecular flexibility index (Phi) is 5.14. The van der Waals surface area contributed by atoms with Crippen LogP contribution >= 0.6 is 0 Å². The van der Waals surface area contributed by atoms with E-state index in [-0.39, 0.29) is 18.3 Å². The number of rotatable bonds is 6. The van der Waals surface area contributed by atoms with E-state index in [1.54, 1.807) is 12.1 Å². The van der Waals surface area contributed by atoms with Gasteiger partial charge in [-0.2, -0.15) is 0 Å². The van der Waals surface area contributed by atoms with E-state index in [0.29, 0.717) is 30.0 Å². The first-order valence-corrected chi connectivity index (χ1v) is 8.92. The molecule has 2 aromatic carbocycles. The summed E-state index contributed by atoms with van der Waals surface area (Å²) in [4.78, 5) is 17.6. The molecule has 1 amide bonds. The number of hydrogen-bond acceptors (Lipinski definition) is 5. The molecule has 2 heterocycles. The Balaban J connectivity index is 1.28. The Morgan fingerprint density at radius 3 is 2.82 bits per heavy atom. The van der Waals surface area contributed by atoms with Crippen LogP contribution in [0.2, 0.25) is 0 Å². The third-order valence-electron chi connectivity index (χ3n) is 4.38. The number of nitrogens with one attached hydrogen (secondary N) is 1. The van der Waals surface area contributed by atoms with Crippen LogP contribution in [0.5, 0.6) is 0 Å². The average molecular weight is 379 g/mol. The summed E-state index contributed by atoms with van der Waals surface area (Å²) < 4.78 is 18.6. The Morgan fingerprint density at radius 2 is 2.00 bits per heavy atom. The largest absolute Gasteiger partial charge is 0.382 e.